The van der Waals surface area contributed by atoms with Crippen molar-refractivity contribution in [2.75, 3.05) is 5.33 Å². The molecule has 0 aliphatic rings. The minimum Gasteiger partial charge on any atom is -0.207 e. The first kappa shape index (κ1) is 13.2. The molecular formula is C15H13BrF2. The molecule has 2 aromatic carbocycles. The normalized spacial score (nSPS) is 12.4. The number of hydrogen-bond acceptors (Lipinski definition) is 0. The molecule has 18 heavy (non-hydrogen) atoms. The maximum atomic E-state index is 13.7. The van der Waals surface area contributed by atoms with Gasteiger partial charge in [-0.25, -0.2) is 8.78 Å². The van der Waals surface area contributed by atoms with E-state index in [1.165, 1.54) is 12.1 Å². The van der Waals surface area contributed by atoms with E-state index in [4.69, 9.17) is 0 Å². The lowest BCUT2D eigenvalue weighted by atomic mass is 9.93. The number of rotatable bonds is 4. The molecule has 0 nitrogen and oxygen atoms in total. The van der Waals surface area contributed by atoms with Gasteiger partial charge in [-0.1, -0.05) is 52.3 Å². The Hall–Kier alpha value is -1.22. The highest BCUT2D eigenvalue weighted by Gasteiger charge is 2.16. The van der Waals surface area contributed by atoms with Crippen molar-refractivity contribution in [2.45, 2.75) is 12.3 Å². The highest BCUT2D eigenvalue weighted by atomic mass is 79.9. The maximum absolute atomic E-state index is 13.7. The Morgan fingerprint density at radius 3 is 2.11 bits per heavy atom. The van der Waals surface area contributed by atoms with E-state index in [0.29, 0.717) is 22.9 Å². The first-order valence-corrected chi connectivity index (χ1v) is 6.88. The molecule has 1 unspecified atom stereocenters. The fourth-order valence-electron chi connectivity index (χ4n) is 1.98. The van der Waals surface area contributed by atoms with Crippen LogP contribution in [0, 0.1) is 11.6 Å². The lowest BCUT2D eigenvalue weighted by Gasteiger charge is -2.15. The van der Waals surface area contributed by atoms with Gasteiger partial charge < -0.3 is 0 Å². The van der Waals surface area contributed by atoms with E-state index in [-0.39, 0.29) is 17.6 Å². The average molecular weight is 311 g/mol. The summed E-state index contributed by atoms with van der Waals surface area (Å²) < 4.78 is 27.3. The van der Waals surface area contributed by atoms with Crippen LogP contribution in [0.3, 0.4) is 0 Å². The van der Waals surface area contributed by atoms with Crippen LogP contribution in [-0.4, -0.2) is 5.33 Å². The molecule has 0 N–H and O–H groups in total. The van der Waals surface area contributed by atoms with Crippen LogP contribution in [-0.2, 0) is 6.42 Å². The van der Waals surface area contributed by atoms with Gasteiger partial charge in [0.15, 0.2) is 0 Å². The second-order valence-corrected chi connectivity index (χ2v) is 4.82. The zero-order valence-electron chi connectivity index (χ0n) is 9.74. The second-order valence-electron chi connectivity index (χ2n) is 4.17. The molecule has 0 radical (unpaired) electrons. The van der Waals surface area contributed by atoms with Gasteiger partial charge in [0.1, 0.15) is 11.6 Å². The molecule has 0 aliphatic heterocycles. The van der Waals surface area contributed by atoms with Crippen molar-refractivity contribution in [1.82, 2.24) is 0 Å². The minimum absolute atomic E-state index is 0.0666. The standard InChI is InChI=1S/C15H13BrF2/c16-10-12(13-6-2-4-8-15(13)18)9-11-5-1-3-7-14(11)17/h1-8,12H,9-10H2. The first-order valence-electron chi connectivity index (χ1n) is 5.76. The van der Waals surface area contributed by atoms with E-state index in [2.05, 4.69) is 15.9 Å². The smallest absolute Gasteiger partial charge is 0.126 e. The Labute approximate surface area is 114 Å². The fourth-order valence-corrected chi connectivity index (χ4v) is 2.56. The predicted octanol–water partition coefficient (Wildman–Crippen LogP) is 4.69. The van der Waals surface area contributed by atoms with E-state index in [0.717, 1.165) is 0 Å². The number of alkyl halides is 1. The Kier molecular flexibility index (Phi) is 4.48. The Morgan fingerprint density at radius 2 is 1.50 bits per heavy atom. The largest absolute Gasteiger partial charge is 0.207 e. The molecule has 1 atom stereocenters. The second kappa shape index (κ2) is 6.10. The Balaban J connectivity index is 2.26. The molecule has 0 bridgehead atoms. The monoisotopic (exact) mass is 310 g/mol. The predicted molar refractivity (Wildman–Crippen MR) is 73.0 cm³/mol. The van der Waals surface area contributed by atoms with Crippen molar-refractivity contribution >= 4 is 15.9 Å². The summed E-state index contributed by atoms with van der Waals surface area (Å²) in [6, 6.07) is 13.3. The third-order valence-corrected chi connectivity index (χ3v) is 3.74. The molecule has 0 amide bonds. The van der Waals surface area contributed by atoms with Crippen LogP contribution in [0.25, 0.3) is 0 Å². The summed E-state index contributed by atoms with van der Waals surface area (Å²) in [6.45, 7) is 0. The van der Waals surface area contributed by atoms with Gasteiger partial charge >= 0.3 is 0 Å². The van der Waals surface area contributed by atoms with Crippen molar-refractivity contribution in [2.24, 2.45) is 0 Å². The van der Waals surface area contributed by atoms with Crippen LogP contribution in [0.4, 0.5) is 8.78 Å². The van der Waals surface area contributed by atoms with E-state index < -0.39 is 0 Å². The van der Waals surface area contributed by atoms with Crippen molar-refractivity contribution < 1.29 is 8.78 Å². The third kappa shape index (κ3) is 2.96. The van der Waals surface area contributed by atoms with Gasteiger partial charge in [-0.3, -0.25) is 0 Å². The number of benzene rings is 2. The van der Waals surface area contributed by atoms with Crippen LogP contribution in [0.15, 0.2) is 48.5 Å². The van der Waals surface area contributed by atoms with Gasteiger partial charge in [-0.15, -0.1) is 0 Å². The van der Waals surface area contributed by atoms with E-state index in [1.807, 2.05) is 0 Å². The summed E-state index contributed by atoms with van der Waals surface area (Å²) in [4.78, 5) is 0. The van der Waals surface area contributed by atoms with E-state index >= 15 is 0 Å². The van der Waals surface area contributed by atoms with Crippen molar-refractivity contribution in [3.63, 3.8) is 0 Å². The minimum atomic E-state index is -0.238. The molecule has 0 fully saturated rings. The van der Waals surface area contributed by atoms with Gasteiger partial charge in [0.25, 0.3) is 0 Å². The molecule has 3 heteroatoms. The first-order chi connectivity index (χ1) is 8.72. The summed E-state index contributed by atoms with van der Waals surface area (Å²) in [6.07, 6.45) is 0.485. The SMILES string of the molecule is Fc1ccccc1CC(CBr)c1ccccc1F. The summed E-state index contributed by atoms with van der Waals surface area (Å²) in [5, 5.41) is 0.599. The highest BCUT2D eigenvalue weighted by molar-refractivity contribution is 9.09. The molecule has 0 spiro atoms. The topological polar surface area (TPSA) is 0 Å². The number of halogens is 3. The molecule has 0 heterocycles. The van der Waals surface area contributed by atoms with Gasteiger partial charge in [-0.2, -0.15) is 0 Å². The van der Waals surface area contributed by atoms with Crippen LogP contribution in [0.5, 0.6) is 0 Å². The van der Waals surface area contributed by atoms with E-state index in [9.17, 15) is 8.78 Å². The lowest BCUT2D eigenvalue weighted by molar-refractivity contribution is 0.574. The molecule has 2 rings (SSSR count). The Morgan fingerprint density at radius 1 is 0.889 bits per heavy atom. The average Bonchev–Trinajstić information content (AvgIpc) is 2.39. The van der Waals surface area contributed by atoms with Crippen LogP contribution < -0.4 is 0 Å². The molecule has 0 saturated heterocycles. The zero-order chi connectivity index (χ0) is 13.0. The summed E-state index contributed by atoms with van der Waals surface area (Å²) >= 11 is 3.38. The van der Waals surface area contributed by atoms with Gasteiger partial charge in [0.05, 0.1) is 0 Å². The molecule has 0 saturated carbocycles. The molecule has 0 aromatic heterocycles. The third-order valence-electron chi connectivity index (χ3n) is 2.96. The van der Waals surface area contributed by atoms with Crippen molar-refractivity contribution in [3.8, 4) is 0 Å². The van der Waals surface area contributed by atoms with Crippen LogP contribution in [0.2, 0.25) is 0 Å². The molecule has 0 aliphatic carbocycles. The lowest BCUT2D eigenvalue weighted by Crippen LogP contribution is -2.08. The number of hydrogen-bond donors (Lipinski definition) is 0. The van der Waals surface area contributed by atoms with Crippen LogP contribution >= 0.6 is 15.9 Å². The highest BCUT2D eigenvalue weighted by Crippen LogP contribution is 2.26. The summed E-state index contributed by atoms with van der Waals surface area (Å²) in [5.74, 6) is -0.541. The van der Waals surface area contributed by atoms with Gasteiger partial charge in [0.2, 0.25) is 0 Å². The summed E-state index contributed by atoms with van der Waals surface area (Å²) in [7, 11) is 0. The van der Waals surface area contributed by atoms with Crippen LogP contribution in [0.1, 0.15) is 17.0 Å². The quantitative estimate of drug-likeness (QED) is 0.719. The molecular weight excluding hydrogens is 298 g/mol. The van der Waals surface area contributed by atoms with Gasteiger partial charge in [-0.05, 0) is 29.7 Å². The Bertz CT molecular complexity index is 525. The van der Waals surface area contributed by atoms with Crippen molar-refractivity contribution in [1.29, 1.82) is 0 Å². The maximum Gasteiger partial charge on any atom is 0.126 e. The fraction of sp³-hybridized carbons (Fsp3) is 0.200. The van der Waals surface area contributed by atoms with Gasteiger partial charge in [0, 0.05) is 11.2 Å². The van der Waals surface area contributed by atoms with E-state index in [1.54, 1.807) is 36.4 Å². The van der Waals surface area contributed by atoms with Crippen molar-refractivity contribution in [3.05, 3.63) is 71.3 Å². The molecule has 2 aromatic rings. The summed E-state index contributed by atoms with van der Waals surface area (Å²) in [5.41, 5.74) is 1.24. The molecule has 94 valence electrons. The zero-order valence-corrected chi connectivity index (χ0v) is 11.3.